The van der Waals surface area contributed by atoms with Crippen LogP contribution in [0.25, 0.3) is 0 Å². The number of hydrogen-bond donors (Lipinski definition) is 0. The van der Waals surface area contributed by atoms with Gasteiger partial charge in [-0.2, -0.15) is 0 Å². The molecule has 0 aromatic heterocycles. The first-order chi connectivity index (χ1) is 9.90. The molecule has 0 saturated heterocycles. The highest BCUT2D eigenvalue weighted by Crippen LogP contribution is 2.57. The zero-order chi connectivity index (χ0) is 16.5. The van der Waals surface area contributed by atoms with Crippen LogP contribution >= 0.6 is 7.80 Å². The summed E-state index contributed by atoms with van der Waals surface area (Å²) < 4.78 is 23.8. The van der Waals surface area contributed by atoms with Gasteiger partial charge in [0.1, 0.15) is 0 Å². The van der Waals surface area contributed by atoms with Gasteiger partial charge in [-0.25, -0.2) is 0 Å². The number of ether oxygens (including phenoxy) is 4. The lowest BCUT2D eigenvalue weighted by atomic mass is 10.2. The maximum absolute atomic E-state index is 6.63. The Hall–Kier alpha value is -1.09. The van der Waals surface area contributed by atoms with Crippen molar-refractivity contribution in [1.82, 2.24) is 0 Å². The van der Waals surface area contributed by atoms with Crippen molar-refractivity contribution in [2.24, 2.45) is 0 Å². The van der Waals surface area contributed by atoms with Crippen LogP contribution < -0.4 is 24.3 Å². The van der Waals surface area contributed by atoms with Crippen LogP contribution in [0, 0.1) is 0 Å². The van der Waals surface area contributed by atoms with E-state index in [1.165, 1.54) is 0 Å². The molecule has 0 amide bonds. The number of fused-ring (bicyclic) bond motifs is 2. The van der Waals surface area contributed by atoms with E-state index in [1.54, 1.807) is 0 Å². The van der Waals surface area contributed by atoms with Gasteiger partial charge < -0.3 is 18.9 Å². The molecule has 118 valence electrons. The average molecular weight is 321 g/mol. The fourth-order valence-corrected chi connectivity index (χ4v) is 4.22. The van der Waals surface area contributed by atoms with Crippen molar-refractivity contribution < 1.29 is 18.9 Å². The minimum Gasteiger partial charge on any atom is -0.449 e. The number of rotatable bonds is 1. The summed E-state index contributed by atoms with van der Waals surface area (Å²) in [4.78, 5) is 0. The summed E-state index contributed by atoms with van der Waals surface area (Å²) in [7, 11) is 5.19. The van der Waals surface area contributed by atoms with Gasteiger partial charge in [-0.3, -0.25) is 0 Å². The second kappa shape index (κ2) is 4.47. The summed E-state index contributed by atoms with van der Waals surface area (Å²) in [5, 5.41) is 0.862. The lowest BCUT2D eigenvalue weighted by Crippen LogP contribution is -2.32. The summed E-state index contributed by atoms with van der Waals surface area (Å²) in [6.07, 6.45) is 0. The highest BCUT2D eigenvalue weighted by atomic mass is 31.1. The molecule has 0 aliphatic carbocycles. The van der Waals surface area contributed by atoms with E-state index in [9.17, 15) is 0 Å². The van der Waals surface area contributed by atoms with Crippen LogP contribution in [0.4, 0.5) is 0 Å². The molecule has 6 heteroatoms. The molecule has 1 aromatic carbocycles. The molecule has 0 saturated carbocycles. The van der Waals surface area contributed by atoms with Gasteiger partial charge in [0.25, 0.3) is 0 Å². The van der Waals surface area contributed by atoms with Gasteiger partial charge in [-0.1, -0.05) is 0 Å². The molecule has 1 atom stereocenters. The maximum atomic E-state index is 6.63. The van der Waals surface area contributed by atoms with Crippen molar-refractivity contribution in [1.29, 1.82) is 0 Å². The van der Waals surface area contributed by atoms with Gasteiger partial charge in [-0.05, 0) is 28.6 Å². The molecule has 0 fully saturated rings. The third kappa shape index (κ3) is 2.54. The molecule has 2 heterocycles. The van der Waals surface area contributed by atoms with Gasteiger partial charge in [0.15, 0.2) is 16.8 Å². The summed E-state index contributed by atoms with van der Waals surface area (Å²) in [5.74, 6) is 1.35. The highest BCUT2D eigenvalue weighted by Gasteiger charge is 2.47. The third-order valence-electron chi connectivity index (χ3n) is 3.65. The van der Waals surface area contributed by atoms with Crippen molar-refractivity contribution in [2.75, 3.05) is 0 Å². The molecule has 2 aliphatic rings. The van der Waals surface area contributed by atoms with Crippen molar-refractivity contribution in [3.63, 3.8) is 0 Å². The second-order valence-electron chi connectivity index (χ2n) is 7.78. The van der Waals surface area contributed by atoms with Crippen LogP contribution in [-0.4, -0.2) is 24.3 Å². The van der Waals surface area contributed by atoms with E-state index in [0.29, 0.717) is 23.0 Å². The Morgan fingerprint density at radius 3 is 1.64 bits per heavy atom. The van der Waals surface area contributed by atoms with Crippen LogP contribution in [0.1, 0.15) is 48.5 Å². The molecule has 0 N–H and O–H groups in total. The first kappa shape index (κ1) is 15.8. The summed E-state index contributed by atoms with van der Waals surface area (Å²) >= 11 is 0. The van der Waals surface area contributed by atoms with E-state index >= 15 is 0 Å². The molecule has 1 aromatic rings. The molecule has 1 unspecified atom stereocenters. The standard InChI is InChI=1S/C16H23BO4P/c1-14(2,3)22(17)13-11-9(18-15(4,5)20-11)8-10-12(13)21-16(6,7)19-10/h8,22H,1-7H3/q+1. The molecule has 4 nitrogen and oxygen atoms in total. The Morgan fingerprint density at radius 1 is 0.864 bits per heavy atom. The predicted molar refractivity (Wildman–Crippen MR) is 90.6 cm³/mol. The third-order valence-corrected chi connectivity index (χ3v) is 6.26. The van der Waals surface area contributed by atoms with Crippen LogP contribution in [0.15, 0.2) is 6.07 Å². The summed E-state index contributed by atoms with van der Waals surface area (Å²) in [5.41, 5.74) is 0. The molecule has 3 rings (SSSR count). The summed E-state index contributed by atoms with van der Waals surface area (Å²) in [6, 6.07) is 1.84. The molecule has 22 heavy (non-hydrogen) atoms. The van der Waals surface area contributed by atoms with Gasteiger partial charge in [0.2, 0.25) is 23.1 Å². The Morgan fingerprint density at radius 2 is 1.27 bits per heavy atom. The largest absolute Gasteiger partial charge is 0.449 e. The van der Waals surface area contributed by atoms with Crippen LogP contribution in [0.2, 0.25) is 0 Å². The van der Waals surface area contributed by atoms with E-state index in [-0.39, 0.29) is 5.16 Å². The average Bonchev–Trinajstić information content (AvgIpc) is 2.76. The fraction of sp³-hybridized carbons (Fsp3) is 0.625. The lowest BCUT2D eigenvalue weighted by Gasteiger charge is -2.24. The quantitative estimate of drug-likeness (QED) is 0.587. The minimum atomic E-state index is -1.44. The van der Waals surface area contributed by atoms with Crippen molar-refractivity contribution in [2.45, 2.75) is 65.2 Å². The van der Waals surface area contributed by atoms with Crippen LogP contribution in [-0.2, 0) is 0 Å². The van der Waals surface area contributed by atoms with E-state index in [4.69, 9.17) is 26.5 Å². The second-order valence-corrected chi connectivity index (χ2v) is 10.6. The minimum absolute atomic E-state index is 0.0558. The van der Waals surface area contributed by atoms with E-state index in [1.807, 2.05) is 33.8 Å². The van der Waals surface area contributed by atoms with Crippen LogP contribution in [0.3, 0.4) is 0 Å². The van der Waals surface area contributed by atoms with Gasteiger partial charge in [0, 0.05) is 33.8 Å². The normalized spacial score (nSPS) is 21.8. The van der Waals surface area contributed by atoms with E-state index < -0.39 is 19.4 Å². The molecule has 2 radical (unpaired) electrons. The Balaban J connectivity index is 2.20. The van der Waals surface area contributed by atoms with Crippen LogP contribution in [0.5, 0.6) is 23.0 Å². The SMILES string of the molecule is [B][PH+](c1c2c(cc3c1OC(C)(C)O3)OC(C)(C)O2)C(C)(C)C. The fourth-order valence-electron chi connectivity index (χ4n) is 2.64. The van der Waals surface area contributed by atoms with E-state index in [2.05, 4.69) is 20.8 Å². The monoisotopic (exact) mass is 321 g/mol. The van der Waals surface area contributed by atoms with Gasteiger partial charge in [-0.15, -0.1) is 0 Å². The Bertz CT molecular complexity index is 592. The maximum Gasteiger partial charge on any atom is 0.369 e. The molecule has 0 spiro atoms. The summed E-state index contributed by atoms with van der Waals surface area (Å²) in [6.45, 7) is 13.9. The van der Waals surface area contributed by atoms with Crippen molar-refractivity contribution in [3.8, 4) is 23.0 Å². The molecule has 2 aliphatic heterocycles. The lowest BCUT2D eigenvalue weighted by molar-refractivity contribution is -0.0473. The Kier molecular flexibility index (Phi) is 3.21. The Labute approximate surface area is 134 Å². The topological polar surface area (TPSA) is 36.9 Å². The number of hydrogen-bond acceptors (Lipinski definition) is 4. The first-order valence-electron chi connectivity index (χ1n) is 7.50. The van der Waals surface area contributed by atoms with Crippen molar-refractivity contribution >= 4 is 20.7 Å². The molecular weight excluding hydrogens is 298 g/mol. The number of benzene rings is 1. The molecule has 0 bridgehead atoms. The smallest absolute Gasteiger partial charge is 0.369 e. The van der Waals surface area contributed by atoms with Crippen molar-refractivity contribution in [3.05, 3.63) is 6.07 Å². The zero-order valence-corrected chi connectivity index (χ0v) is 15.3. The van der Waals surface area contributed by atoms with E-state index in [0.717, 1.165) is 5.30 Å². The molecular formula is C16H23BO4P+. The predicted octanol–water partition coefficient (Wildman–Crippen LogP) is 3.42. The highest BCUT2D eigenvalue weighted by molar-refractivity contribution is 7.89. The zero-order valence-electron chi connectivity index (χ0n) is 14.3. The first-order valence-corrected chi connectivity index (χ1v) is 9.08. The van der Waals surface area contributed by atoms with Gasteiger partial charge in [0.05, 0.1) is 5.16 Å². The van der Waals surface area contributed by atoms with Gasteiger partial charge >= 0.3 is 7.57 Å².